The van der Waals surface area contributed by atoms with E-state index in [2.05, 4.69) is 45.9 Å². The molecule has 0 saturated carbocycles. The van der Waals surface area contributed by atoms with E-state index in [9.17, 15) is 98.2 Å². The van der Waals surface area contributed by atoms with Crippen LogP contribution in [0.25, 0.3) is 12.2 Å². The molecule has 0 spiro atoms. The van der Waals surface area contributed by atoms with Crippen LogP contribution in [0.5, 0.6) is 0 Å². The zero-order valence-electron chi connectivity index (χ0n) is 49.6. The smallest absolute Gasteiger partial charge is 0.744 e. The molecule has 6 rings (SSSR count). The van der Waals surface area contributed by atoms with Crippen LogP contribution in [0.2, 0.25) is 0 Å². The van der Waals surface area contributed by atoms with E-state index in [1.807, 2.05) is 0 Å². The Labute approximate surface area is 650 Å². The van der Waals surface area contributed by atoms with Gasteiger partial charge < -0.3 is 73.5 Å². The summed E-state index contributed by atoms with van der Waals surface area (Å²) in [4.78, 5) is 21.5. The van der Waals surface area contributed by atoms with Crippen molar-refractivity contribution >= 4 is 120 Å². The van der Waals surface area contributed by atoms with Crippen molar-refractivity contribution in [3.8, 4) is 0 Å². The zero-order chi connectivity index (χ0) is 62.7. The van der Waals surface area contributed by atoms with Crippen molar-refractivity contribution in [2.45, 2.75) is 87.9 Å². The second-order valence-electron chi connectivity index (χ2n) is 18.4. The topological polar surface area (TPSA) is 544 Å². The predicted octanol–water partition coefficient (Wildman–Crippen LogP) is -18.4. The van der Waals surface area contributed by atoms with Crippen LogP contribution >= 0.6 is 0 Å². The quantitative estimate of drug-likeness (QED) is 0.0151. The summed E-state index contributed by atoms with van der Waals surface area (Å²) in [6, 6.07) is 9.35. The second kappa shape index (κ2) is 36.5. The minimum Gasteiger partial charge on any atom is -0.744 e. The first-order chi connectivity index (χ1) is 38.6. The molecule has 0 bridgehead atoms. The fourth-order valence-corrected chi connectivity index (χ4v) is 11.4. The summed E-state index contributed by atoms with van der Waals surface area (Å²) >= 11 is 0. The van der Waals surface area contributed by atoms with Crippen molar-refractivity contribution in [2.24, 2.45) is 0 Å². The van der Waals surface area contributed by atoms with E-state index in [4.69, 9.17) is 0 Å². The van der Waals surface area contributed by atoms with Crippen LogP contribution in [0.1, 0.15) is 50.2 Å². The van der Waals surface area contributed by atoms with Crippen LogP contribution in [-0.4, -0.2) is 179 Å². The summed E-state index contributed by atoms with van der Waals surface area (Å²) in [5.41, 5.74) is -2.71. The Morgan fingerprint density at radius 3 is 1.12 bits per heavy atom. The first kappa shape index (κ1) is 88.9. The Bertz CT molecular complexity index is 3960. The van der Waals surface area contributed by atoms with Gasteiger partial charge in [0.15, 0.2) is 0 Å². The van der Waals surface area contributed by atoms with Gasteiger partial charge in [-0.1, -0.05) is 30.4 Å². The summed E-state index contributed by atoms with van der Waals surface area (Å²) in [5.74, 6) is -2.91. The van der Waals surface area contributed by atoms with Crippen LogP contribution in [0.3, 0.4) is 0 Å². The predicted molar refractivity (Wildman–Crippen MR) is 286 cm³/mol. The van der Waals surface area contributed by atoms with Crippen molar-refractivity contribution in [2.75, 3.05) is 51.9 Å². The largest absolute Gasteiger partial charge is 1.00 e. The van der Waals surface area contributed by atoms with E-state index in [-0.39, 0.29) is 232 Å². The van der Waals surface area contributed by atoms with E-state index in [0.29, 0.717) is 36.4 Å². The normalized spacial score (nSPS) is 13.2. The van der Waals surface area contributed by atoms with Crippen molar-refractivity contribution in [1.29, 1.82) is 0 Å². The van der Waals surface area contributed by atoms with E-state index in [1.165, 1.54) is 43.6 Å². The molecule has 0 fully saturated rings. The maximum atomic E-state index is 12.8. The Balaban J connectivity index is 0.0000132. The third-order valence-corrected chi connectivity index (χ3v) is 16.2. The number of hydrogen-bond donors (Lipinski definition) is 7. The Kier molecular flexibility index (Phi) is 36.1. The van der Waals surface area contributed by atoms with Crippen molar-refractivity contribution in [3.05, 3.63) is 95.3 Å². The Morgan fingerprint density at radius 1 is 0.411 bits per heavy atom. The van der Waals surface area contributed by atoms with Crippen molar-refractivity contribution in [1.82, 2.24) is 29.9 Å². The van der Waals surface area contributed by atoms with Gasteiger partial charge in [0.05, 0.1) is 65.2 Å². The molecular formula is C45H47N11Na6O22S6. The summed E-state index contributed by atoms with van der Waals surface area (Å²) in [6.45, 7) is 4.34. The van der Waals surface area contributed by atoms with E-state index < -0.39 is 162 Å². The molecular weight excluding hydrogens is 1380 g/mol. The molecule has 0 saturated heterocycles. The second-order valence-corrected chi connectivity index (χ2v) is 26.6. The summed E-state index contributed by atoms with van der Waals surface area (Å²) in [6.07, 6.45) is -3.09. The summed E-state index contributed by atoms with van der Waals surface area (Å²) in [5, 5.41) is 48.3. The van der Waals surface area contributed by atoms with Gasteiger partial charge in [-0.25, -0.2) is 50.5 Å². The first-order valence-corrected chi connectivity index (χ1v) is 32.1. The SMILES string of the molecule is CC(O)CN(CC(C)O)c1nc(Cc2ccc(/C=C/c3ccc(Nc4nc(Nc5cc(S(=O)(=O)[O-])ccc5S(=O)(=O)[O-])nc(N(CC(C)O)CC(C)O)n4)cc3S(=O)(=O)[O-])c(S(=O)(=O)[O-])c2)nc(Nc2cc(S(=O)(=O)[O-])ccc2S(=O)(=O)[O-])n1.[Na+].[Na+].[Na+].[Na+].[Na+].[Na+]. The molecule has 33 nitrogen and oxygen atoms in total. The molecule has 4 unspecified atom stereocenters. The molecule has 2 heterocycles. The molecule has 0 radical (unpaired) electrons. The van der Waals surface area contributed by atoms with Crippen molar-refractivity contribution in [3.63, 3.8) is 0 Å². The van der Waals surface area contributed by atoms with Crippen LogP contribution in [0.15, 0.2) is 102 Å². The fourth-order valence-electron chi connectivity index (χ4n) is 7.76. The third-order valence-electron chi connectivity index (χ3n) is 11.0. The van der Waals surface area contributed by atoms with Crippen LogP contribution in [0.4, 0.5) is 46.8 Å². The molecule has 0 aliphatic carbocycles. The summed E-state index contributed by atoms with van der Waals surface area (Å²) in [7, 11) is -32.2. The molecule has 45 heteroatoms. The van der Waals surface area contributed by atoms with Gasteiger partial charge in [-0.05, 0) is 99.0 Å². The number of anilines is 8. The number of nitrogens with zero attached hydrogens (tertiary/aromatic N) is 8. The number of rotatable bonds is 26. The Morgan fingerprint density at radius 2 is 0.756 bits per heavy atom. The molecule has 2 aromatic heterocycles. The third kappa shape index (κ3) is 26.4. The average molecular weight is 1420 g/mol. The molecule has 6 aromatic rings. The van der Waals surface area contributed by atoms with Crippen LogP contribution < -0.4 is 203 Å². The average Bonchev–Trinajstić information content (AvgIpc) is 0.931. The Hall–Kier alpha value is -1.06. The van der Waals surface area contributed by atoms with Gasteiger partial charge in [-0.2, -0.15) is 29.9 Å². The number of nitrogens with one attached hydrogen (secondary N) is 3. The van der Waals surface area contributed by atoms with Crippen LogP contribution in [0, 0.1) is 0 Å². The van der Waals surface area contributed by atoms with E-state index in [1.54, 1.807) is 0 Å². The molecule has 0 amide bonds. The molecule has 456 valence electrons. The number of benzene rings is 4. The summed E-state index contributed by atoms with van der Waals surface area (Å²) < 4.78 is 221. The monoisotopic (exact) mass is 1420 g/mol. The zero-order valence-corrected chi connectivity index (χ0v) is 66.5. The number of aliphatic hydroxyl groups excluding tert-OH is 4. The number of aliphatic hydroxyl groups is 4. The maximum Gasteiger partial charge on any atom is 1.00 e. The number of hydrogen-bond acceptors (Lipinski definition) is 33. The van der Waals surface area contributed by atoms with E-state index in [0.717, 1.165) is 42.5 Å². The van der Waals surface area contributed by atoms with Gasteiger partial charge in [0.2, 0.25) is 29.7 Å². The van der Waals surface area contributed by atoms with Gasteiger partial charge in [0, 0.05) is 38.3 Å². The fraction of sp³-hybridized carbons (Fsp3) is 0.289. The van der Waals surface area contributed by atoms with Gasteiger partial charge in [-0.15, -0.1) is 0 Å². The van der Waals surface area contributed by atoms with Gasteiger partial charge >= 0.3 is 177 Å². The van der Waals surface area contributed by atoms with Gasteiger partial charge in [0.1, 0.15) is 66.5 Å². The van der Waals surface area contributed by atoms with E-state index >= 15 is 0 Å². The van der Waals surface area contributed by atoms with Crippen molar-refractivity contribution < 1.29 is 276 Å². The minimum atomic E-state index is -5.48. The number of aromatic nitrogens is 6. The minimum absolute atomic E-state index is 0. The molecule has 0 aliphatic rings. The van der Waals surface area contributed by atoms with Gasteiger partial charge in [-0.3, -0.25) is 0 Å². The molecule has 90 heavy (non-hydrogen) atoms. The first-order valence-electron chi connectivity index (χ1n) is 23.7. The standard InChI is InChI=1S/C45H53N11O22S6.6Na/c1-24(57)20-55(21-25(2)58)44-50-40(49-42(53-44)47-34-18-32(79(61,62)63)11-13-36(34)81(67,68)69)16-28-5-6-29(38(15-28)83(73,74)75)7-8-30-9-10-31(17-39(30)84(76,77)78)46-41-51-43(54-45(52-41)56(22-26(3)59)23-27(4)60)48-35-19-33(80(64,65)66)12-14-37(35)82(70,71)72;;;;;;/h5-15,17-19,24-27,57-60H,16,20-23H2,1-4H3,(H,61,62,63)(H,64,65,66)(H,67,68,69)(H,70,71,72)(H,73,74,75)(H,76,77,78)(H,47,49,50,53)(H2,46,48,51,52,54);;;;;;/q;6*+1/p-6/b8-7+;;;;;;. The molecule has 4 aromatic carbocycles. The molecule has 4 atom stereocenters. The molecule has 0 aliphatic heterocycles. The van der Waals surface area contributed by atoms with Gasteiger partial charge in [0.25, 0.3) is 0 Å². The van der Waals surface area contributed by atoms with Crippen LogP contribution in [-0.2, 0) is 67.1 Å². The maximum absolute atomic E-state index is 12.8. The molecule has 7 N–H and O–H groups in total.